The number of hydrogen-bond donors (Lipinski definition) is 1. The van der Waals surface area contributed by atoms with Crippen LogP contribution in [0.1, 0.15) is 52.9 Å². The van der Waals surface area contributed by atoms with Crippen LogP contribution in [0.4, 0.5) is 0 Å². The molecule has 0 aliphatic rings. The predicted molar refractivity (Wildman–Crippen MR) is 64.6 cm³/mol. The molecule has 0 radical (unpaired) electrons. The molecular formula is C11H24O4S. The Bertz CT molecular complexity index is 261. The summed E-state index contributed by atoms with van der Waals surface area (Å²) < 4.78 is 33.6. The normalized spacial score (nSPS) is 16.0. The van der Waals surface area contributed by atoms with E-state index in [9.17, 15) is 8.42 Å². The monoisotopic (exact) mass is 252 g/mol. The summed E-state index contributed by atoms with van der Waals surface area (Å²) in [5, 5.41) is 0. The summed E-state index contributed by atoms with van der Waals surface area (Å²) in [6.07, 6.45) is 5.15. The Balaban J connectivity index is 4.02. The molecule has 2 atom stereocenters. The summed E-state index contributed by atoms with van der Waals surface area (Å²) in [4.78, 5) is 0. The van der Waals surface area contributed by atoms with E-state index in [-0.39, 0.29) is 6.61 Å². The number of rotatable bonds is 9. The van der Waals surface area contributed by atoms with Gasteiger partial charge in [-0.15, -0.1) is 0 Å². The molecule has 0 fully saturated rings. The van der Waals surface area contributed by atoms with Crippen molar-refractivity contribution in [2.24, 2.45) is 11.8 Å². The zero-order chi connectivity index (χ0) is 12.6. The Hall–Kier alpha value is -0.130. The van der Waals surface area contributed by atoms with Crippen LogP contribution in [0, 0.1) is 11.8 Å². The van der Waals surface area contributed by atoms with Crippen molar-refractivity contribution < 1.29 is 17.2 Å². The first-order valence-electron chi connectivity index (χ1n) is 6.02. The number of hydrogen-bond acceptors (Lipinski definition) is 3. The van der Waals surface area contributed by atoms with E-state index >= 15 is 0 Å². The molecule has 0 bridgehead atoms. The van der Waals surface area contributed by atoms with Crippen LogP contribution in [-0.4, -0.2) is 19.6 Å². The van der Waals surface area contributed by atoms with Gasteiger partial charge in [0.05, 0.1) is 6.61 Å². The zero-order valence-corrected chi connectivity index (χ0v) is 11.3. The van der Waals surface area contributed by atoms with Gasteiger partial charge in [0.25, 0.3) is 0 Å². The highest BCUT2D eigenvalue weighted by atomic mass is 32.3. The molecule has 0 heterocycles. The zero-order valence-electron chi connectivity index (χ0n) is 10.5. The van der Waals surface area contributed by atoms with E-state index in [1.165, 1.54) is 0 Å². The molecule has 98 valence electrons. The minimum Gasteiger partial charge on any atom is -0.264 e. The Morgan fingerprint density at radius 1 is 1.12 bits per heavy atom. The van der Waals surface area contributed by atoms with Crippen molar-refractivity contribution in [1.29, 1.82) is 0 Å². The van der Waals surface area contributed by atoms with E-state index in [0.717, 1.165) is 25.7 Å². The van der Waals surface area contributed by atoms with Crippen LogP contribution in [-0.2, 0) is 14.6 Å². The molecule has 0 rings (SSSR count). The van der Waals surface area contributed by atoms with Gasteiger partial charge in [-0.05, 0) is 18.3 Å². The quantitative estimate of drug-likeness (QED) is 0.641. The van der Waals surface area contributed by atoms with Crippen molar-refractivity contribution in [2.75, 3.05) is 6.61 Å². The largest absolute Gasteiger partial charge is 0.397 e. The molecule has 0 aliphatic heterocycles. The summed E-state index contributed by atoms with van der Waals surface area (Å²) in [5.41, 5.74) is 0. The van der Waals surface area contributed by atoms with Crippen molar-refractivity contribution in [2.45, 2.75) is 52.9 Å². The molecule has 0 aromatic rings. The molecule has 1 N–H and O–H groups in total. The standard InChI is InChI=1S/C11H24O4S/c1-4-6-10(3)11(7-5-2)8-9-15-16(12,13)14/h10-11H,4-9H2,1-3H3,(H,12,13,14). The molecule has 0 amide bonds. The van der Waals surface area contributed by atoms with Crippen molar-refractivity contribution >= 4 is 10.4 Å². The Morgan fingerprint density at radius 3 is 2.12 bits per heavy atom. The lowest BCUT2D eigenvalue weighted by Gasteiger charge is -2.22. The van der Waals surface area contributed by atoms with Gasteiger partial charge in [-0.1, -0.05) is 46.5 Å². The Labute approximate surface area is 99.3 Å². The fourth-order valence-electron chi connectivity index (χ4n) is 2.08. The van der Waals surface area contributed by atoms with E-state index in [2.05, 4.69) is 25.0 Å². The second-order valence-corrected chi connectivity index (χ2v) is 5.44. The maximum atomic E-state index is 10.4. The minimum atomic E-state index is -4.27. The maximum absolute atomic E-state index is 10.4. The first kappa shape index (κ1) is 15.9. The molecule has 16 heavy (non-hydrogen) atoms. The van der Waals surface area contributed by atoms with Crippen LogP contribution in [0.2, 0.25) is 0 Å². The molecule has 0 saturated heterocycles. The first-order valence-corrected chi connectivity index (χ1v) is 7.39. The molecule has 0 aromatic carbocycles. The third-order valence-electron chi connectivity index (χ3n) is 2.93. The molecule has 0 spiro atoms. The van der Waals surface area contributed by atoms with Gasteiger partial charge in [-0.3, -0.25) is 4.55 Å². The van der Waals surface area contributed by atoms with Crippen LogP contribution < -0.4 is 0 Å². The average molecular weight is 252 g/mol. The lowest BCUT2D eigenvalue weighted by molar-refractivity contribution is 0.210. The van der Waals surface area contributed by atoms with Gasteiger partial charge in [0, 0.05) is 0 Å². The van der Waals surface area contributed by atoms with Gasteiger partial charge in [-0.25, -0.2) is 4.18 Å². The highest BCUT2D eigenvalue weighted by Gasteiger charge is 2.16. The van der Waals surface area contributed by atoms with E-state index in [1.807, 2.05) is 0 Å². The lowest BCUT2D eigenvalue weighted by atomic mass is 9.85. The van der Waals surface area contributed by atoms with Gasteiger partial charge < -0.3 is 0 Å². The minimum absolute atomic E-state index is 0.0809. The summed E-state index contributed by atoms with van der Waals surface area (Å²) in [6, 6.07) is 0. The maximum Gasteiger partial charge on any atom is 0.397 e. The SMILES string of the molecule is CCCC(C)C(CCC)CCOS(=O)(=O)O. The predicted octanol–water partition coefficient (Wildman–Crippen LogP) is 3.05. The lowest BCUT2D eigenvalue weighted by Crippen LogP contribution is -2.16. The highest BCUT2D eigenvalue weighted by molar-refractivity contribution is 7.80. The summed E-state index contributed by atoms with van der Waals surface area (Å²) in [7, 11) is -4.27. The Morgan fingerprint density at radius 2 is 1.69 bits per heavy atom. The first-order chi connectivity index (χ1) is 7.40. The Kier molecular flexibility index (Phi) is 7.97. The second kappa shape index (κ2) is 8.03. The fourth-order valence-corrected chi connectivity index (χ4v) is 2.39. The van der Waals surface area contributed by atoms with Crippen LogP contribution in [0.3, 0.4) is 0 Å². The van der Waals surface area contributed by atoms with Gasteiger partial charge in [-0.2, -0.15) is 8.42 Å². The van der Waals surface area contributed by atoms with Gasteiger partial charge in [0.1, 0.15) is 0 Å². The van der Waals surface area contributed by atoms with Crippen LogP contribution in [0.25, 0.3) is 0 Å². The fraction of sp³-hybridized carbons (Fsp3) is 1.00. The highest BCUT2D eigenvalue weighted by Crippen LogP contribution is 2.25. The smallest absolute Gasteiger partial charge is 0.264 e. The van der Waals surface area contributed by atoms with Gasteiger partial charge in [0.2, 0.25) is 0 Å². The molecule has 0 saturated carbocycles. The van der Waals surface area contributed by atoms with Crippen LogP contribution in [0.15, 0.2) is 0 Å². The van der Waals surface area contributed by atoms with Crippen molar-refractivity contribution in [3.05, 3.63) is 0 Å². The van der Waals surface area contributed by atoms with Crippen molar-refractivity contribution in [3.8, 4) is 0 Å². The second-order valence-electron chi connectivity index (χ2n) is 4.35. The summed E-state index contributed by atoms with van der Waals surface area (Å²) in [5.74, 6) is 1.06. The van der Waals surface area contributed by atoms with E-state index in [4.69, 9.17) is 4.55 Å². The molecule has 2 unspecified atom stereocenters. The van der Waals surface area contributed by atoms with Crippen LogP contribution in [0.5, 0.6) is 0 Å². The molecule has 0 aliphatic carbocycles. The van der Waals surface area contributed by atoms with E-state index in [1.54, 1.807) is 0 Å². The molecule has 0 aromatic heterocycles. The third kappa shape index (κ3) is 8.07. The van der Waals surface area contributed by atoms with Gasteiger partial charge >= 0.3 is 10.4 Å². The molecule has 5 heteroatoms. The summed E-state index contributed by atoms with van der Waals surface area (Å²) >= 11 is 0. The van der Waals surface area contributed by atoms with E-state index in [0.29, 0.717) is 18.3 Å². The molecular weight excluding hydrogens is 228 g/mol. The third-order valence-corrected chi connectivity index (χ3v) is 3.39. The average Bonchev–Trinajstić information content (AvgIpc) is 2.15. The topological polar surface area (TPSA) is 63.6 Å². The molecule has 4 nitrogen and oxygen atoms in total. The summed E-state index contributed by atoms with van der Waals surface area (Å²) in [6.45, 7) is 6.54. The van der Waals surface area contributed by atoms with Crippen molar-refractivity contribution in [1.82, 2.24) is 0 Å². The van der Waals surface area contributed by atoms with Crippen LogP contribution >= 0.6 is 0 Å². The van der Waals surface area contributed by atoms with Crippen molar-refractivity contribution in [3.63, 3.8) is 0 Å². The van der Waals surface area contributed by atoms with E-state index < -0.39 is 10.4 Å². The van der Waals surface area contributed by atoms with Gasteiger partial charge in [0.15, 0.2) is 0 Å².